The third kappa shape index (κ3) is 7.70. The molecule has 0 saturated carbocycles. The molecule has 1 aromatic carbocycles. The number of carbonyl (C=O) groups excluding carboxylic acids is 1. The Bertz CT molecular complexity index is 1060. The highest BCUT2D eigenvalue weighted by Gasteiger charge is 2.42. The molecule has 37 heavy (non-hydrogen) atoms. The van der Waals surface area contributed by atoms with Gasteiger partial charge in [0.2, 0.25) is 0 Å². The van der Waals surface area contributed by atoms with E-state index >= 15 is 0 Å². The van der Waals surface area contributed by atoms with E-state index in [0.717, 1.165) is 57.9 Å². The maximum atomic E-state index is 12.7. The van der Waals surface area contributed by atoms with Gasteiger partial charge in [-0.1, -0.05) is 37.2 Å². The molecule has 1 N–H and O–H groups in total. The number of amides is 1. The molecule has 2 saturated heterocycles. The fourth-order valence-electron chi connectivity index (χ4n) is 4.70. The van der Waals surface area contributed by atoms with Crippen molar-refractivity contribution in [3.63, 3.8) is 0 Å². The van der Waals surface area contributed by atoms with Gasteiger partial charge in [0, 0.05) is 31.7 Å². The molecule has 0 aliphatic carbocycles. The van der Waals surface area contributed by atoms with Crippen LogP contribution in [0.4, 0.5) is 13.2 Å². The van der Waals surface area contributed by atoms with Crippen LogP contribution >= 0.6 is 0 Å². The van der Waals surface area contributed by atoms with Crippen LogP contribution < -0.4 is 4.74 Å². The van der Waals surface area contributed by atoms with Crippen LogP contribution in [-0.4, -0.2) is 70.9 Å². The smallest absolute Gasteiger partial charge is 0.490 e. The second-order valence-electron chi connectivity index (χ2n) is 10.2. The predicted octanol–water partition coefficient (Wildman–Crippen LogP) is 4.78. The largest absolute Gasteiger partial charge is 0.493 e. The van der Waals surface area contributed by atoms with Gasteiger partial charge in [0.25, 0.3) is 5.91 Å². The maximum Gasteiger partial charge on any atom is 0.490 e. The number of halogens is 3. The molecular weight excluding hydrogens is 491 g/mol. The maximum absolute atomic E-state index is 12.7. The number of para-hydroxylation sites is 1. The van der Waals surface area contributed by atoms with Gasteiger partial charge in [-0.15, -0.1) is 0 Å². The molecule has 0 atom stereocenters. The predicted molar refractivity (Wildman–Crippen MR) is 129 cm³/mol. The topological polar surface area (TPSA) is 96.1 Å². The van der Waals surface area contributed by atoms with Crippen LogP contribution in [0.1, 0.15) is 54.8 Å². The van der Waals surface area contributed by atoms with Gasteiger partial charge in [-0.2, -0.15) is 13.2 Å². The molecule has 0 radical (unpaired) electrons. The van der Waals surface area contributed by atoms with E-state index in [4.69, 9.17) is 19.2 Å². The standard InChI is InChI=1S/C24H33N3O3.C2HF3O2/c1-18(2)16-29-22-7-5-4-6-20(22)15-26-11-8-24(17-26)9-12-27(13-10-24)23(28)21-14-25-30-19(21)3;3-2(4,5)1(6)7/h4-7,14,18H,8-13,15-17H2,1-3H3;(H,6,7). The van der Waals surface area contributed by atoms with Gasteiger partial charge in [0.15, 0.2) is 0 Å². The van der Waals surface area contributed by atoms with Crippen LogP contribution in [0.2, 0.25) is 0 Å². The van der Waals surface area contributed by atoms with Gasteiger partial charge in [0.05, 0.1) is 12.8 Å². The first-order valence-electron chi connectivity index (χ1n) is 12.3. The number of nitrogens with zero attached hydrogens (tertiary/aromatic N) is 3. The lowest BCUT2D eigenvalue weighted by Crippen LogP contribution is -2.44. The van der Waals surface area contributed by atoms with Crippen molar-refractivity contribution in [2.75, 3.05) is 32.8 Å². The number of hydrogen-bond donors (Lipinski definition) is 1. The number of aromatic nitrogens is 1. The third-order valence-electron chi connectivity index (χ3n) is 6.79. The van der Waals surface area contributed by atoms with Gasteiger partial charge in [-0.25, -0.2) is 4.79 Å². The average Bonchev–Trinajstić information content (AvgIpc) is 3.44. The van der Waals surface area contributed by atoms with Crippen LogP contribution in [0.3, 0.4) is 0 Å². The molecule has 2 fully saturated rings. The summed E-state index contributed by atoms with van der Waals surface area (Å²) in [6, 6.07) is 8.42. The molecule has 0 bridgehead atoms. The lowest BCUT2D eigenvalue weighted by molar-refractivity contribution is -0.192. The molecule has 1 aromatic heterocycles. The number of aryl methyl sites for hydroxylation is 1. The van der Waals surface area contributed by atoms with Crippen LogP contribution in [0.25, 0.3) is 0 Å². The van der Waals surface area contributed by atoms with E-state index in [1.165, 1.54) is 18.2 Å². The minimum atomic E-state index is -5.08. The summed E-state index contributed by atoms with van der Waals surface area (Å²) in [7, 11) is 0. The second-order valence-corrected chi connectivity index (χ2v) is 10.2. The summed E-state index contributed by atoms with van der Waals surface area (Å²) >= 11 is 0. The van der Waals surface area contributed by atoms with Crippen molar-refractivity contribution in [3.8, 4) is 5.75 Å². The molecule has 2 aliphatic rings. The van der Waals surface area contributed by atoms with Crippen LogP contribution in [-0.2, 0) is 11.3 Å². The zero-order chi connectivity index (χ0) is 27.2. The summed E-state index contributed by atoms with van der Waals surface area (Å²) < 4.78 is 42.8. The molecular formula is C26H34F3N3O5. The number of carbonyl (C=O) groups is 2. The number of rotatable bonds is 6. The number of piperidine rings is 1. The molecule has 2 aromatic rings. The summed E-state index contributed by atoms with van der Waals surface area (Å²) in [5, 5.41) is 10.9. The Kier molecular flexibility index (Phi) is 9.22. The zero-order valence-corrected chi connectivity index (χ0v) is 21.4. The summed E-state index contributed by atoms with van der Waals surface area (Å²) in [6.45, 7) is 11.6. The highest BCUT2D eigenvalue weighted by Crippen LogP contribution is 2.41. The second kappa shape index (κ2) is 12.0. The first-order valence-corrected chi connectivity index (χ1v) is 12.3. The van der Waals surface area contributed by atoms with Crippen molar-refractivity contribution in [2.45, 2.75) is 52.8 Å². The van der Waals surface area contributed by atoms with Crippen molar-refractivity contribution in [1.82, 2.24) is 15.0 Å². The van der Waals surface area contributed by atoms with Crippen molar-refractivity contribution in [1.29, 1.82) is 0 Å². The third-order valence-corrected chi connectivity index (χ3v) is 6.79. The molecule has 3 heterocycles. The lowest BCUT2D eigenvalue weighted by atomic mass is 9.77. The van der Waals surface area contributed by atoms with E-state index < -0.39 is 12.1 Å². The molecule has 11 heteroatoms. The Balaban J connectivity index is 0.000000479. The van der Waals surface area contributed by atoms with Crippen LogP contribution in [0, 0.1) is 18.3 Å². The number of carboxylic acids is 1. The van der Waals surface area contributed by atoms with E-state index in [1.807, 2.05) is 4.90 Å². The Morgan fingerprint density at radius 2 is 1.78 bits per heavy atom. The first-order chi connectivity index (χ1) is 17.4. The Morgan fingerprint density at radius 3 is 2.35 bits per heavy atom. The molecule has 8 nitrogen and oxygen atoms in total. The summed E-state index contributed by atoms with van der Waals surface area (Å²) in [5.41, 5.74) is 2.19. The minimum absolute atomic E-state index is 0.0506. The Hall–Kier alpha value is -3.08. The number of ether oxygens (including phenoxy) is 1. The molecule has 2 aliphatic heterocycles. The van der Waals surface area contributed by atoms with Gasteiger partial charge >= 0.3 is 12.1 Å². The molecule has 204 valence electrons. The fraction of sp³-hybridized carbons (Fsp3) is 0.577. The van der Waals surface area contributed by atoms with Crippen LogP contribution in [0.15, 0.2) is 35.0 Å². The van der Waals surface area contributed by atoms with Crippen molar-refractivity contribution in [2.24, 2.45) is 11.3 Å². The van der Waals surface area contributed by atoms with Gasteiger partial charge in [0.1, 0.15) is 17.1 Å². The highest BCUT2D eigenvalue weighted by atomic mass is 19.4. The normalized spacial score (nSPS) is 17.5. The van der Waals surface area contributed by atoms with E-state index in [9.17, 15) is 18.0 Å². The number of alkyl halides is 3. The first kappa shape index (κ1) is 28.5. The van der Waals surface area contributed by atoms with Crippen LogP contribution in [0.5, 0.6) is 5.75 Å². The number of carboxylic acid groups (broad SMARTS) is 1. The molecule has 4 rings (SSSR count). The van der Waals surface area contributed by atoms with Crippen molar-refractivity contribution < 1.29 is 37.1 Å². The minimum Gasteiger partial charge on any atom is -0.493 e. The number of aliphatic carboxylic acids is 1. The van der Waals surface area contributed by atoms with Gasteiger partial charge < -0.3 is 19.3 Å². The zero-order valence-electron chi connectivity index (χ0n) is 21.4. The number of likely N-dealkylation sites (tertiary alicyclic amines) is 2. The van der Waals surface area contributed by atoms with Gasteiger partial charge in [-0.05, 0) is 50.1 Å². The summed E-state index contributed by atoms with van der Waals surface area (Å²) in [5.74, 6) is -0.577. The Labute approximate surface area is 214 Å². The van der Waals surface area contributed by atoms with E-state index in [0.29, 0.717) is 22.7 Å². The van der Waals surface area contributed by atoms with Crippen molar-refractivity contribution >= 4 is 11.9 Å². The fourth-order valence-corrected chi connectivity index (χ4v) is 4.70. The monoisotopic (exact) mass is 525 g/mol. The van der Waals surface area contributed by atoms with E-state index in [-0.39, 0.29) is 5.91 Å². The average molecular weight is 526 g/mol. The van der Waals surface area contributed by atoms with E-state index in [2.05, 4.69) is 48.2 Å². The number of benzene rings is 1. The SMILES string of the molecule is Cc1oncc1C(=O)N1CCC2(CCN(Cc3ccccc3OCC(C)C)C2)CC1.O=C(O)C(F)(F)F. The van der Waals surface area contributed by atoms with Crippen molar-refractivity contribution in [3.05, 3.63) is 47.3 Å². The Morgan fingerprint density at radius 1 is 1.16 bits per heavy atom. The lowest BCUT2D eigenvalue weighted by Gasteiger charge is -2.39. The van der Waals surface area contributed by atoms with E-state index in [1.54, 1.807) is 6.92 Å². The van der Waals surface area contributed by atoms with Gasteiger partial charge in [-0.3, -0.25) is 9.69 Å². The number of hydrogen-bond acceptors (Lipinski definition) is 6. The quantitative estimate of drug-likeness (QED) is 0.580. The highest BCUT2D eigenvalue weighted by molar-refractivity contribution is 5.94. The molecule has 1 spiro atoms. The molecule has 1 amide bonds. The summed E-state index contributed by atoms with van der Waals surface area (Å²) in [4.78, 5) is 26.2. The summed E-state index contributed by atoms with van der Waals surface area (Å²) in [6.07, 6.45) is -0.218. The molecule has 0 unspecified atom stereocenters.